The molecule has 12 heavy (non-hydrogen) atoms. The van der Waals surface area contributed by atoms with Gasteiger partial charge in [0.15, 0.2) is 0 Å². The van der Waals surface area contributed by atoms with Gasteiger partial charge in [-0.3, -0.25) is 0 Å². The maximum absolute atomic E-state index is 5.80. The quantitative estimate of drug-likeness (QED) is 0.746. The maximum atomic E-state index is 5.80. The highest BCUT2D eigenvalue weighted by Gasteiger charge is 1.89. The normalized spacial score (nSPS) is 13.6. The Kier molecular flexibility index (Phi) is 3.32. The van der Waals surface area contributed by atoms with E-state index in [4.69, 9.17) is 17.3 Å². The lowest BCUT2D eigenvalue weighted by molar-refractivity contribution is 0.931. The van der Waals surface area contributed by atoms with Crippen molar-refractivity contribution < 1.29 is 0 Å². The summed E-state index contributed by atoms with van der Waals surface area (Å²) in [6.45, 7) is 1.93. The molecule has 2 N–H and O–H groups in total. The van der Waals surface area contributed by atoms with E-state index in [2.05, 4.69) is 0 Å². The molecule has 0 saturated carbocycles. The second-order valence-corrected chi connectivity index (χ2v) is 3.21. The zero-order valence-corrected chi connectivity index (χ0v) is 7.75. The second kappa shape index (κ2) is 4.29. The third kappa shape index (κ3) is 3.07. The molecule has 1 aromatic carbocycles. The number of halogens is 1. The predicted octanol–water partition coefficient (Wildman–Crippen LogP) is 2.70. The molecule has 2 heteroatoms. The lowest BCUT2D eigenvalue weighted by Gasteiger charge is -1.96. The molecule has 0 spiro atoms. The minimum Gasteiger partial charge on any atom is -0.325 e. The Morgan fingerprint density at radius 3 is 2.83 bits per heavy atom. The molecule has 0 heterocycles. The molecular weight excluding hydrogens is 170 g/mol. The smallest absolute Gasteiger partial charge is 0.0411 e. The molecule has 1 rings (SSSR count). The van der Waals surface area contributed by atoms with Crippen LogP contribution in [-0.4, -0.2) is 6.04 Å². The summed E-state index contributed by atoms with van der Waals surface area (Å²) < 4.78 is 0. The first kappa shape index (κ1) is 9.30. The van der Waals surface area contributed by atoms with Crippen LogP contribution in [0.5, 0.6) is 0 Å². The molecular formula is C10H12ClN. The molecule has 0 aliphatic rings. The Morgan fingerprint density at radius 2 is 2.25 bits per heavy atom. The fourth-order valence-electron chi connectivity index (χ4n) is 0.873. The van der Waals surface area contributed by atoms with Crippen molar-refractivity contribution in [3.63, 3.8) is 0 Å². The highest BCUT2D eigenvalue weighted by atomic mass is 35.5. The van der Waals surface area contributed by atoms with Gasteiger partial charge in [-0.25, -0.2) is 0 Å². The van der Waals surface area contributed by atoms with Crippen LogP contribution < -0.4 is 5.73 Å². The first-order valence-corrected chi connectivity index (χ1v) is 4.25. The molecule has 1 atom stereocenters. The van der Waals surface area contributed by atoms with Crippen LogP contribution in [0.1, 0.15) is 12.5 Å². The van der Waals surface area contributed by atoms with Crippen molar-refractivity contribution in [3.8, 4) is 0 Å². The van der Waals surface area contributed by atoms with Gasteiger partial charge in [0.2, 0.25) is 0 Å². The summed E-state index contributed by atoms with van der Waals surface area (Å²) in [4.78, 5) is 0. The number of nitrogens with two attached hydrogens (primary N) is 1. The van der Waals surface area contributed by atoms with E-state index in [0.29, 0.717) is 0 Å². The summed E-state index contributed by atoms with van der Waals surface area (Å²) >= 11 is 5.80. The third-order valence-electron chi connectivity index (χ3n) is 1.44. The van der Waals surface area contributed by atoms with Crippen molar-refractivity contribution in [2.75, 3.05) is 0 Å². The zero-order valence-electron chi connectivity index (χ0n) is 7.00. The van der Waals surface area contributed by atoms with Crippen molar-refractivity contribution >= 4 is 17.7 Å². The van der Waals surface area contributed by atoms with Gasteiger partial charge in [0, 0.05) is 11.1 Å². The van der Waals surface area contributed by atoms with Crippen LogP contribution in [-0.2, 0) is 0 Å². The van der Waals surface area contributed by atoms with E-state index < -0.39 is 0 Å². The Hall–Kier alpha value is -0.790. The van der Waals surface area contributed by atoms with E-state index in [0.717, 1.165) is 10.6 Å². The van der Waals surface area contributed by atoms with Crippen LogP contribution in [0.25, 0.3) is 6.08 Å². The minimum absolute atomic E-state index is 0.0870. The van der Waals surface area contributed by atoms with E-state index in [1.807, 2.05) is 43.3 Å². The molecule has 0 saturated heterocycles. The average molecular weight is 182 g/mol. The fraction of sp³-hybridized carbons (Fsp3) is 0.200. The van der Waals surface area contributed by atoms with Gasteiger partial charge in [0.05, 0.1) is 0 Å². The summed E-state index contributed by atoms with van der Waals surface area (Å²) in [6, 6.07) is 7.75. The topological polar surface area (TPSA) is 26.0 Å². The molecule has 1 nitrogen and oxygen atoms in total. The van der Waals surface area contributed by atoms with E-state index in [9.17, 15) is 0 Å². The number of hydrogen-bond acceptors (Lipinski definition) is 1. The molecule has 0 aromatic heterocycles. The molecule has 0 aliphatic heterocycles. The molecule has 0 aliphatic carbocycles. The van der Waals surface area contributed by atoms with Gasteiger partial charge in [-0.15, -0.1) is 0 Å². The summed E-state index contributed by atoms with van der Waals surface area (Å²) in [6.07, 6.45) is 3.90. The van der Waals surface area contributed by atoms with E-state index >= 15 is 0 Å². The van der Waals surface area contributed by atoms with Gasteiger partial charge >= 0.3 is 0 Å². The Bertz CT molecular complexity index is 279. The zero-order chi connectivity index (χ0) is 8.97. The van der Waals surface area contributed by atoms with Crippen molar-refractivity contribution in [1.29, 1.82) is 0 Å². The first-order chi connectivity index (χ1) is 5.68. The van der Waals surface area contributed by atoms with E-state index in [1.165, 1.54) is 0 Å². The van der Waals surface area contributed by atoms with Gasteiger partial charge < -0.3 is 5.73 Å². The molecule has 0 fully saturated rings. The lowest BCUT2D eigenvalue weighted by atomic mass is 10.2. The van der Waals surface area contributed by atoms with Gasteiger partial charge in [0.25, 0.3) is 0 Å². The summed E-state index contributed by atoms with van der Waals surface area (Å²) in [5.74, 6) is 0. The Morgan fingerprint density at radius 1 is 1.50 bits per heavy atom. The number of benzene rings is 1. The average Bonchev–Trinajstić information content (AvgIpc) is 2.01. The van der Waals surface area contributed by atoms with Crippen LogP contribution in [0.4, 0.5) is 0 Å². The van der Waals surface area contributed by atoms with E-state index in [-0.39, 0.29) is 6.04 Å². The number of hydrogen-bond donors (Lipinski definition) is 1. The minimum atomic E-state index is 0.0870. The number of rotatable bonds is 2. The van der Waals surface area contributed by atoms with Gasteiger partial charge in [-0.05, 0) is 24.6 Å². The fourth-order valence-corrected chi connectivity index (χ4v) is 1.07. The second-order valence-electron chi connectivity index (χ2n) is 2.77. The van der Waals surface area contributed by atoms with Crippen LogP contribution in [0.3, 0.4) is 0 Å². The highest BCUT2D eigenvalue weighted by molar-refractivity contribution is 6.30. The van der Waals surface area contributed by atoms with Gasteiger partial charge in [-0.2, -0.15) is 0 Å². The monoisotopic (exact) mass is 181 g/mol. The van der Waals surface area contributed by atoms with Gasteiger partial charge in [-0.1, -0.05) is 35.9 Å². The van der Waals surface area contributed by atoms with Crippen molar-refractivity contribution in [2.45, 2.75) is 13.0 Å². The summed E-state index contributed by atoms with van der Waals surface area (Å²) in [7, 11) is 0. The van der Waals surface area contributed by atoms with Crippen LogP contribution in [0, 0.1) is 0 Å². The SMILES string of the molecule is C[C@H](N)/C=C/c1cccc(Cl)c1. The standard InChI is InChI=1S/C10H12ClN/c1-8(12)5-6-9-3-2-4-10(11)7-9/h2-8H,12H2,1H3/b6-5+/t8-/m0/s1. The molecule has 1 aromatic rings. The highest BCUT2D eigenvalue weighted by Crippen LogP contribution is 2.11. The summed E-state index contributed by atoms with van der Waals surface area (Å²) in [5.41, 5.74) is 6.64. The predicted molar refractivity (Wildman–Crippen MR) is 54.1 cm³/mol. The van der Waals surface area contributed by atoms with Crippen LogP contribution in [0.2, 0.25) is 5.02 Å². The molecule has 0 bridgehead atoms. The first-order valence-electron chi connectivity index (χ1n) is 3.88. The van der Waals surface area contributed by atoms with Crippen molar-refractivity contribution in [3.05, 3.63) is 40.9 Å². The van der Waals surface area contributed by atoms with E-state index in [1.54, 1.807) is 0 Å². The third-order valence-corrected chi connectivity index (χ3v) is 1.68. The Labute approximate surface area is 77.8 Å². The molecule has 0 amide bonds. The largest absolute Gasteiger partial charge is 0.325 e. The van der Waals surface area contributed by atoms with Gasteiger partial charge in [0.1, 0.15) is 0 Å². The Balaban J connectivity index is 2.76. The van der Waals surface area contributed by atoms with Crippen LogP contribution >= 0.6 is 11.6 Å². The molecule has 0 unspecified atom stereocenters. The molecule has 64 valence electrons. The van der Waals surface area contributed by atoms with Crippen LogP contribution in [0.15, 0.2) is 30.3 Å². The maximum Gasteiger partial charge on any atom is 0.0411 e. The lowest BCUT2D eigenvalue weighted by Crippen LogP contribution is -2.09. The molecule has 0 radical (unpaired) electrons. The van der Waals surface area contributed by atoms with Crippen molar-refractivity contribution in [2.24, 2.45) is 5.73 Å². The van der Waals surface area contributed by atoms with Crippen molar-refractivity contribution in [1.82, 2.24) is 0 Å². The summed E-state index contributed by atoms with van der Waals surface area (Å²) in [5, 5.41) is 0.752.